The maximum atomic E-state index is 11.2. The van der Waals surface area contributed by atoms with Crippen LogP contribution >= 0.6 is 11.3 Å². The second-order valence-corrected chi connectivity index (χ2v) is 5.95. The largest absolute Gasteiger partial charge is 0.478 e. The Morgan fingerprint density at radius 3 is 2.90 bits per heavy atom. The first-order valence-corrected chi connectivity index (χ1v) is 8.04. The molecule has 0 fully saturated rings. The van der Waals surface area contributed by atoms with Crippen LogP contribution in [0.4, 0.5) is 5.82 Å². The number of aromatic nitrogens is 1. The van der Waals surface area contributed by atoms with E-state index in [0.29, 0.717) is 11.4 Å². The zero-order valence-corrected chi connectivity index (χ0v) is 13.1. The van der Waals surface area contributed by atoms with Gasteiger partial charge in [-0.05, 0) is 54.3 Å². The molecule has 0 radical (unpaired) electrons. The molecule has 0 saturated carbocycles. The molecule has 5 heteroatoms. The third-order valence-corrected chi connectivity index (χ3v) is 3.88. The van der Waals surface area contributed by atoms with Gasteiger partial charge >= 0.3 is 5.97 Å². The number of hydrogen-bond donors (Lipinski definition) is 2. The Morgan fingerprint density at radius 1 is 1.48 bits per heavy atom. The molecule has 2 aromatic heterocycles. The van der Waals surface area contributed by atoms with Gasteiger partial charge in [-0.15, -0.1) is 0 Å². The van der Waals surface area contributed by atoms with E-state index >= 15 is 0 Å². The van der Waals surface area contributed by atoms with E-state index in [0.717, 1.165) is 25.0 Å². The number of carbonyl (C=O) groups is 1. The van der Waals surface area contributed by atoms with Gasteiger partial charge in [-0.2, -0.15) is 11.3 Å². The minimum absolute atomic E-state index is 0.200. The standard InChI is InChI=1S/C16H20N2O2S/c1-3-4-14-8-13(16(19)20)9-15(18-14)17-11(2)7-12-5-6-21-10-12/h5-6,8-11H,3-4,7H2,1-2H3,(H,17,18)(H,19,20). The van der Waals surface area contributed by atoms with Crippen molar-refractivity contribution in [2.45, 2.75) is 39.2 Å². The lowest BCUT2D eigenvalue weighted by Gasteiger charge is -2.15. The third-order valence-electron chi connectivity index (χ3n) is 3.15. The molecule has 0 aromatic carbocycles. The molecule has 112 valence electrons. The van der Waals surface area contributed by atoms with Crippen molar-refractivity contribution in [3.63, 3.8) is 0 Å². The summed E-state index contributed by atoms with van der Waals surface area (Å²) in [6.45, 7) is 4.13. The van der Waals surface area contributed by atoms with Gasteiger partial charge in [0.25, 0.3) is 0 Å². The van der Waals surface area contributed by atoms with Crippen LogP contribution in [0.15, 0.2) is 29.0 Å². The van der Waals surface area contributed by atoms with Crippen molar-refractivity contribution in [1.82, 2.24) is 4.98 Å². The Labute approximate surface area is 128 Å². The number of carboxylic acids is 1. The lowest BCUT2D eigenvalue weighted by molar-refractivity contribution is 0.0696. The molecule has 21 heavy (non-hydrogen) atoms. The number of aromatic carboxylic acids is 1. The lowest BCUT2D eigenvalue weighted by atomic mass is 10.1. The number of thiophene rings is 1. The van der Waals surface area contributed by atoms with Crippen molar-refractivity contribution in [3.05, 3.63) is 45.8 Å². The number of hydrogen-bond acceptors (Lipinski definition) is 4. The molecule has 1 unspecified atom stereocenters. The van der Waals surface area contributed by atoms with E-state index in [1.54, 1.807) is 23.5 Å². The molecule has 0 aliphatic heterocycles. The van der Waals surface area contributed by atoms with Crippen molar-refractivity contribution >= 4 is 23.1 Å². The van der Waals surface area contributed by atoms with Gasteiger partial charge < -0.3 is 10.4 Å². The second-order valence-electron chi connectivity index (χ2n) is 5.17. The highest BCUT2D eigenvalue weighted by Gasteiger charge is 2.10. The first-order chi connectivity index (χ1) is 10.1. The Morgan fingerprint density at radius 2 is 2.29 bits per heavy atom. The van der Waals surface area contributed by atoms with Crippen molar-refractivity contribution in [3.8, 4) is 0 Å². The van der Waals surface area contributed by atoms with Crippen LogP contribution in [-0.2, 0) is 12.8 Å². The fourth-order valence-corrected chi connectivity index (χ4v) is 2.92. The highest BCUT2D eigenvalue weighted by Crippen LogP contribution is 2.15. The molecule has 2 N–H and O–H groups in total. The Balaban J connectivity index is 2.12. The van der Waals surface area contributed by atoms with E-state index in [1.165, 1.54) is 5.56 Å². The first-order valence-electron chi connectivity index (χ1n) is 7.10. The Bertz CT molecular complexity index is 596. The molecule has 0 saturated heterocycles. The molecule has 4 nitrogen and oxygen atoms in total. The van der Waals surface area contributed by atoms with Gasteiger partial charge in [-0.1, -0.05) is 13.3 Å². The lowest BCUT2D eigenvalue weighted by Crippen LogP contribution is -2.19. The van der Waals surface area contributed by atoms with Gasteiger partial charge in [0, 0.05) is 11.7 Å². The molecule has 0 amide bonds. The minimum Gasteiger partial charge on any atom is -0.478 e. The number of anilines is 1. The fraction of sp³-hybridized carbons (Fsp3) is 0.375. The van der Waals surface area contributed by atoms with Crippen molar-refractivity contribution in [2.75, 3.05) is 5.32 Å². The molecule has 2 aromatic rings. The number of carboxylic acid groups (broad SMARTS) is 1. The predicted octanol–water partition coefficient (Wildman–Crippen LogP) is 3.84. The molecule has 2 rings (SSSR count). The van der Waals surface area contributed by atoms with E-state index in [9.17, 15) is 9.90 Å². The van der Waals surface area contributed by atoms with Gasteiger partial charge in [0.2, 0.25) is 0 Å². The summed E-state index contributed by atoms with van der Waals surface area (Å²) >= 11 is 1.68. The first kappa shape index (κ1) is 15.5. The molecule has 0 spiro atoms. The molecule has 0 bridgehead atoms. The predicted molar refractivity (Wildman–Crippen MR) is 86.3 cm³/mol. The smallest absolute Gasteiger partial charge is 0.335 e. The highest BCUT2D eigenvalue weighted by molar-refractivity contribution is 7.07. The van der Waals surface area contributed by atoms with Crippen molar-refractivity contribution in [1.29, 1.82) is 0 Å². The quantitative estimate of drug-likeness (QED) is 0.816. The average Bonchev–Trinajstić information content (AvgIpc) is 2.91. The second kappa shape index (κ2) is 7.22. The number of rotatable bonds is 7. The summed E-state index contributed by atoms with van der Waals surface area (Å²) in [5, 5.41) is 16.7. The zero-order chi connectivity index (χ0) is 15.2. The van der Waals surface area contributed by atoms with E-state index in [4.69, 9.17) is 0 Å². The summed E-state index contributed by atoms with van der Waals surface area (Å²) in [6, 6.07) is 5.56. The van der Waals surface area contributed by atoms with Gasteiger partial charge in [0.1, 0.15) is 5.82 Å². The van der Waals surface area contributed by atoms with Gasteiger partial charge in [0.05, 0.1) is 5.56 Å². The van der Waals surface area contributed by atoms with E-state index in [1.807, 2.05) is 0 Å². The van der Waals surface area contributed by atoms with Crippen LogP contribution in [0.1, 0.15) is 41.9 Å². The Kier molecular flexibility index (Phi) is 5.33. The summed E-state index contributed by atoms with van der Waals surface area (Å²) in [5.74, 6) is -0.274. The molecule has 2 heterocycles. The highest BCUT2D eigenvalue weighted by atomic mass is 32.1. The van der Waals surface area contributed by atoms with E-state index in [2.05, 4.69) is 41.0 Å². The zero-order valence-electron chi connectivity index (χ0n) is 12.3. The summed E-state index contributed by atoms with van der Waals surface area (Å²) in [7, 11) is 0. The summed E-state index contributed by atoms with van der Waals surface area (Å²) < 4.78 is 0. The van der Waals surface area contributed by atoms with E-state index in [-0.39, 0.29) is 6.04 Å². The molecule has 1 atom stereocenters. The maximum Gasteiger partial charge on any atom is 0.335 e. The van der Waals surface area contributed by atoms with Crippen LogP contribution in [0.25, 0.3) is 0 Å². The van der Waals surface area contributed by atoms with Gasteiger partial charge in [-0.3, -0.25) is 0 Å². The summed E-state index contributed by atoms with van der Waals surface area (Å²) in [6.07, 6.45) is 2.63. The molecule has 0 aliphatic rings. The van der Waals surface area contributed by atoms with Crippen LogP contribution in [-0.4, -0.2) is 22.1 Å². The maximum absolute atomic E-state index is 11.2. The fourth-order valence-electron chi connectivity index (χ4n) is 2.24. The molecular weight excluding hydrogens is 284 g/mol. The van der Waals surface area contributed by atoms with E-state index < -0.39 is 5.97 Å². The van der Waals surface area contributed by atoms with Crippen LogP contribution in [0.2, 0.25) is 0 Å². The average molecular weight is 304 g/mol. The summed E-state index contributed by atoms with van der Waals surface area (Å²) in [4.78, 5) is 15.7. The number of nitrogens with one attached hydrogen (secondary N) is 1. The number of pyridine rings is 1. The molecular formula is C16H20N2O2S. The van der Waals surface area contributed by atoms with Crippen molar-refractivity contribution < 1.29 is 9.90 Å². The van der Waals surface area contributed by atoms with Crippen LogP contribution in [0, 0.1) is 0 Å². The third kappa shape index (κ3) is 4.56. The number of nitrogens with zero attached hydrogens (tertiary/aromatic N) is 1. The molecule has 0 aliphatic carbocycles. The van der Waals surface area contributed by atoms with Gasteiger partial charge in [0.15, 0.2) is 0 Å². The number of aryl methyl sites for hydroxylation is 1. The van der Waals surface area contributed by atoms with Crippen molar-refractivity contribution in [2.24, 2.45) is 0 Å². The van der Waals surface area contributed by atoms with Crippen LogP contribution in [0.3, 0.4) is 0 Å². The minimum atomic E-state index is -0.914. The Hall–Kier alpha value is -1.88. The van der Waals surface area contributed by atoms with Crippen LogP contribution < -0.4 is 5.32 Å². The van der Waals surface area contributed by atoms with Crippen LogP contribution in [0.5, 0.6) is 0 Å². The normalized spacial score (nSPS) is 12.1. The summed E-state index contributed by atoms with van der Waals surface area (Å²) in [5.41, 5.74) is 2.39. The van der Waals surface area contributed by atoms with Gasteiger partial charge in [-0.25, -0.2) is 9.78 Å². The monoisotopic (exact) mass is 304 g/mol. The topological polar surface area (TPSA) is 62.2 Å². The SMILES string of the molecule is CCCc1cc(C(=O)O)cc(NC(C)Cc2ccsc2)n1.